The van der Waals surface area contributed by atoms with E-state index in [1.165, 1.54) is 6.42 Å². The molecule has 0 aliphatic carbocycles. The van der Waals surface area contributed by atoms with E-state index in [1.807, 2.05) is 0 Å². The van der Waals surface area contributed by atoms with Crippen LogP contribution in [0.25, 0.3) is 0 Å². The first-order valence-corrected chi connectivity index (χ1v) is 4.76. The second-order valence-electron chi connectivity index (χ2n) is 4.18. The van der Waals surface area contributed by atoms with E-state index < -0.39 is 0 Å². The van der Waals surface area contributed by atoms with Crippen molar-refractivity contribution < 1.29 is 4.74 Å². The van der Waals surface area contributed by atoms with Crippen molar-refractivity contribution >= 4 is 0 Å². The third-order valence-corrected chi connectivity index (χ3v) is 2.06. The highest BCUT2D eigenvalue weighted by Gasteiger charge is 2.14. The number of hydrogen-bond donors (Lipinski definition) is 1. The van der Waals surface area contributed by atoms with Crippen LogP contribution >= 0.6 is 0 Å². The molecule has 0 aromatic rings. The summed E-state index contributed by atoms with van der Waals surface area (Å²) < 4.78 is 5.32. The van der Waals surface area contributed by atoms with Gasteiger partial charge in [0.2, 0.25) is 0 Å². The van der Waals surface area contributed by atoms with Crippen molar-refractivity contribution in [1.82, 2.24) is 5.32 Å². The van der Waals surface area contributed by atoms with Crippen LogP contribution in [0.2, 0.25) is 0 Å². The Morgan fingerprint density at radius 3 is 2.33 bits per heavy atom. The summed E-state index contributed by atoms with van der Waals surface area (Å²) in [4.78, 5) is 0. The van der Waals surface area contributed by atoms with Crippen molar-refractivity contribution in [3.05, 3.63) is 0 Å². The molecule has 0 radical (unpaired) electrons. The van der Waals surface area contributed by atoms with Gasteiger partial charge in [0.25, 0.3) is 0 Å². The lowest BCUT2D eigenvalue weighted by atomic mass is 10.0. The second kappa shape index (κ2) is 5.55. The molecule has 2 nitrogen and oxygen atoms in total. The molecule has 0 aromatic carbocycles. The molecular weight excluding hydrogens is 150 g/mol. The second-order valence-corrected chi connectivity index (χ2v) is 4.18. The summed E-state index contributed by atoms with van der Waals surface area (Å²) in [6.07, 6.45) is 2.29. The first-order chi connectivity index (χ1) is 5.48. The van der Waals surface area contributed by atoms with E-state index in [1.54, 1.807) is 7.11 Å². The maximum Gasteiger partial charge on any atom is 0.0623 e. The molecule has 0 saturated heterocycles. The van der Waals surface area contributed by atoms with Gasteiger partial charge >= 0.3 is 0 Å². The van der Waals surface area contributed by atoms with Gasteiger partial charge in [-0.05, 0) is 33.2 Å². The molecule has 0 aliphatic heterocycles. The Morgan fingerprint density at radius 1 is 1.33 bits per heavy atom. The minimum Gasteiger partial charge on any atom is -0.379 e. The Kier molecular flexibility index (Phi) is 5.51. The summed E-state index contributed by atoms with van der Waals surface area (Å²) in [7, 11) is 1.77. The van der Waals surface area contributed by atoms with Crippen LogP contribution in [0, 0.1) is 0 Å². The molecule has 0 unspecified atom stereocenters. The summed E-state index contributed by atoms with van der Waals surface area (Å²) in [6.45, 7) is 9.68. The molecule has 1 N–H and O–H groups in total. The van der Waals surface area contributed by atoms with Gasteiger partial charge in [-0.1, -0.05) is 13.8 Å². The Balaban J connectivity index is 3.31. The van der Waals surface area contributed by atoms with E-state index >= 15 is 0 Å². The fourth-order valence-electron chi connectivity index (χ4n) is 1.01. The third kappa shape index (κ3) is 6.62. The summed E-state index contributed by atoms with van der Waals surface area (Å²) in [5.74, 6) is 0. The third-order valence-electron chi connectivity index (χ3n) is 2.06. The maximum absolute atomic E-state index is 5.32. The van der Waals surface area contributed by atoms with Gasteiger partial charge in [-0.15, -0.1) is 0 Å². The average Bonchev–Trinajstić information content (AvgIpc) is 1.98. The molecule has 2 heteroatoms. The number of methoxy groups -OCH3 is 1. The van der Waals surface area contributed by atoms with E-state index in [0.717, 1.165) is 13.0 Å². The lowest BCUT2D eigenvalue weighted by Crippen LogP contribution is -2.27. The van der Waals surface area contributed by atoms with Gasteiger partial charge in [0.15, 0.2) is 0 Å². The first kappa shape index (κ1) is 11.9. The van der Waals surface area contributed by atoms with Crippen LogP contribution in [0.1, 0.15) is 40.5 Å². The first-order valence-electron chi connectivity index (χ1n) is 4.76. The van der Waals surface area contributed by atoms with E-state index in [2.05, 4.69) is 33.0 Å². The van der Waals surface area contributed by atoms with Crippen molar-refractivity contribution in [2.75, 3.05) is 13.7 Å². The molecule has 0 fully saturated rings. The lowest BCUT2D eigenvalue weighted by molar-refractivity contribution is 0.0139. The fraction of sp³-hybridized carbons (Fsp3) is 1.00. The summed E-state index contributed by atoms with van der Waals surface area (Å²) in [5, 5.41) is 3.39. The van der Waals surface area contributed by atoms with Crippen LogP contribution in [0.4, 0.5) is 0 Å². The van der Waals surface area contributed by atoms with Crippen LogP contribution in [0.3, 0.4) is 0 Å². The largest absolute Gasteiger partial charge is 0.379 e. The predicted octanol–water partition coefficient (Wildman–Crippen LogP) is 2.19. The Bertz CT molecular complexity index is 110. The van der Waals surface area contributed by atoms with Gasteiger partial charge in [-0.3, -0.25) is 0 Å². The van der Waals surface area contributed by atoms with E-state index in [0.29, 0.717) is 6.04 Å². The van der Waals surface area contributed by atoms with Gasteiger partial charge in [-0.2, -0.15) is 0 Å². The summed E-state index contributed by atoms with van der Waals surface area (Å²) >= 11 is 0. The van der Waals surface area contributed by atoms with Crippen molar-refractivity contribution in [1.29, 1.82) is 0 Å². The smallest absolute Gasteiger partial charge is 0.0623 e. The van der Waals surface area contributed by atoms with E-state index in [4.69, 9.17) is 4.74 Å². The van der Waals surface area contributed by atoms with Crippen molar-refractivity contribution in [3.63, 3.8) is 0 Å². The maximum atomic E-state index is 5.32. The zero-order chi connectivity index (χ0) is 9.61. The number of nitrogens with one attached hydrogen (secondary N) is 1. The van der Waals surface area contributed by atoms with Crippen molar-refractivity contribution in [3.8, 4) is 0 Å². The highest BCUT2D eigenvalue weighted by Crippen LogP contribution is 2.14. The molecule has 0 atom stereocenters. The number of ether oxygens (including phenoxy) is 1. The Labute approximate surface area is 76.7 Å². The van der Waals surface area contributed by atoms with Gasteiger partial charge in [0, 0.05) is 13.2 Å². The predicted molar refractivity (Wildman–Crippen MR) is 53.5 cm³/mol. The van der Waals surface area contributed by atoms with Crippen LogP contribution < -0.4 is 5.32 Å². The molecule has 0 aliphatic rings. The van der Waals surface area contributed by atoms with Crippen LogP contribution in [-0.4, -0.2) is 25.3 Å². The standard InChI is InChI=1S/C10H23NO/c1-9(2)11-8-6-7-10(3,4)12-5/h9,11H,6-8H2,1-5H3. The van der Waals surface area contributed by atoms with Crippen molar-refractivity contribution in [2.24, 2.45) is 0 Å². The molecule has 0 spiro atoms. The van der Waals surface area contributed by atoms with Gasteiger partial charge in [0.05, 0.1) is 5.60 Å². The number of rotatable bonds is 6. The zero-order valence-electron chi connectivity index (χ0n) is 9.11. The molecule has 12 heavy (non-hydrogen) atoms. The van der Waals surface area contributed by atoms with E-state index in [-0.39, 0.29) is 5.60 Å². The molecule has 0 heterocycles. The molecule has 0 aromatic heterocycles. The minimum absolute atomic E-state index is 0.0403. The normalized spacial score (nSPS) is 12.5. The zero-order valence-corrected chi connectivity index (χ0v) is 9.11. The van der Waals surface area contributed by atoms with Crippen molar-refractivity contribution in [2.45, 2.75) is 52.2 Å². The molecule has 0 amide bonds. The molecular formula is C10H23NO. The molecule has 0 rings (SSSR count). The lowest BCUT2D eigenvalue weighted by Gasteiger charge is -2.22. The highest BCUT2D eigenvalue weighted by atomic mass is 16.5. The van der Waals surface area contributed by atoms with Gasteiger partial charge in [-0.25, -0.2) is 0 Å². The van der Waals surface area contributed by atoms with Crippen LogP contribution in [0.5, 0.6) is 0 Å². The monoisotopic (exact) mass is 173 g/mol. The van der Waals surface area contributed by atoms with E-state index in [9.17, 15) is 0 Å². The molecule has 0 bridgehead atoms. The Hall–Kier alpha value is -0.0800. The van der Waals surface area contributed by atoms with Crippen LogP contribution in [-0.2, 0) is 4.74 Å². The average molecular weight is 173 g/mol. The summed E-state index contributed by atoms with van der Waals surface area (Å²) in [6, 6.07) is 0.593. The van der Waals surface area contributed by atoms with Gasteiger partial charge < -0.3 is 10.1 Å². The topological polar surface area (TPSA) is 21.3 Å². The summed E-state index contributed by atoms with van der Waals surface area (Å²) in [5.41, 5.74) is 0.0403. The molecule has 0 saturated carbocycles. The number of hydrogen-bond acceptors (Lipinski definition) is 2. The molecule has 74 valence electrons. The quantitative estimate of drug-likeness (QED) is 0.622. The highest BCUT2D eigenvalue weighted by molar-refractivity contribution is 4.68. The van der Waals surface area contributed by atoms with Gasteiger partial charge in [0.1, 0.15) is 0 Å². The SMILES string of the molecule is COC(C)(C)CCCNC(C)C. The minimum atomic E-state index is 0.0403. The Morgan fingerprint density at radius 2 is 1.92 bits per heavy atom. The van der Waals surface area contributed by atoms with Crippen LogP contribution in [0.15, 0.2) is 0 Å². The fourth-order valence-corrected chi connectivity index (χ4v) is 1.01.